The zero-order valence-corrected chi connectivity index (χ0v) is 12.7. The minimum Gasteiger partial charge on any atom is -0.507 e. The van der Waals surface area contributed by atoms with Crippen LogP contribution >= 0.6 is 0 Å². The van der Waals surface area contributed by atoms with Gasteiger partial charge in [0.25, 0.3) is 0 Å². The van der Waals surface area contributed by atoms with Crippen molar-refractivity contribution in [3.63, 3.8) is 0 Å². The molecule has 1 unspecified atom stereocenters. The molecular weight excluding hydrogens is 275 g/mol. The van der Waals surface area contributed by atoms with Crippen LogP contribution in [0.25, 0.3) is 0 Å². The highest BCUT2D eigenvalue weighted by molar-refractivity contribution is 5.97. The second kappa shape index (κ2) is 7.17. The molecule has 1 rings (SSSR count). The Bertz CT molecular complexity index is 546. The highest BCUT2D eigenvalue weighted by Crippen LogP contribution is 2.26. The van der Waals surface area contributed by atoms with E-state index in [1.807, 2.05) is 0 Å². The predicted molar refractivity (Wildman–Crippen MR) is 77.6 cm³/mol. The van der Waals surface area contributed by atoms with Crippen LogP contribution in [0.3, 0.4) is 0 Å². The number of phenols is 1. The molecule has 0 aliphatic rings. The van der Waals surface area contributed by atoms with Gasteiger partial charge in [0.15, 0.2) is 5.78 Å². The summed E-state index contributed by atoms with van der Waals surface area (Å²) < 4.78 is 13.5. The number of nitrogens with one attached hydrogen (secondary N) is 1. The van der Waals surface area contributed by atoms with E-state index in [0.717, 1.165) is 6.07 Å². The predicted octanol–water partition coefficient (Wildman–Crippen LogP) is 1.55. The first kappa shape index (κ1) is 17.1. The lowest BCUT2D eigenvalue weighted by molar-refractivity contribution is -0.124. The molecule has 6 heteroatoms. The molecular formula is C15H21FN2O3. The van der Waals surface area contributed by atoms with Crippen molar-refractivity contribution in [1.82, 2.24) is 10.2 Å². The van der Waals surface area contributed by atoms with E-state index >= 15 is 0 Å². The van der Waals surface area contributed by atoms with Gasteiger partial charge in [-0.25, -0.2) is 4.39 Å². The number of benzene rings is 1. The van der Waals surface area contributed by atoms with Gasteiger partial charge < -0.3 is 15.3 Å². The van der Waals surface area contributed by atoms with Crippen molar-refractivity contribution in [1.29, 1.82) is 0 Å². The van der Waals surface area contributed by atoms with E-state index in [1.54, 1.807) is 25.9 Å². The summed E-state index contributed by atoms with van der Waals surface area (Å²) in [5.74, 6) is -1.49. The van der Waals surface area contributed by atoms with Crippen molar-refractivity contribution >= 4 is 11.7 Å². The number of hydrogen-bond donors (Lipinski definition) is 2. The van der Waals surface area contributed by atoms with Crippen LogP contribution < -0.4 is 5.32 Å². The molecule has 0 saturated heterocycles. The Morgan fingerprint density at radius 3 is 2.57 bits per heavy atom. The molecule has 1 atom stereocenters. The van der Waals surface area contributed by atoms with Gasteiger partial charge in [0.1, 0.15) is 11.6 Å². The number of amides is 1. The van der Waals surface area contributed by atoms with Gasteiger partial charge in [-0.05, 0) is 26.1 Å². The van der Waals surface area contributed by atoms with Gasteiger partial charge in [0.05, 0.1) is 5.56 Å². The number of Topliss-reactive ketones (excluding diaryl/α,β-unsaturated/α-hetero) is 1. The van der Waals surface area contributed by atoms with E-state index in [9.17, 15) is 19.1 Å². The van der Waals surface area contributed by atoms with Gasteiger partial charge in [-0.1, -0.05) is 6.92 Å². The van der Waals surface area contributed by atoms with Crippen molar-refractivity contribution in [2.75, 3.05) is 20.6 Å². The van der Waals surface area contributed by atoms with E-state index in [1.165, 1.54) is 13.0 Å². The summed E-state index contributed by atoms with van der Waals surface area (Å²) in [4.78, 5) is 24.6. The fourth-order valence-corrected chi connectivity index (χ4v) is 2.20. The lowest BCUT2D eigenvalue weighted by atomic mass is 10.0. The Morgan fingerprint density at radius 1 is 1.43 bits per heavy atom. The van der Waals surface area contributed by atoms with Crippen LogP contribution in [0.5, 0.6) is 5.75 Å². The first-order valence-corrected chi connectivity index (χ1v) is 6.68. The Balaban J connectivity index is 2.88. The molecule has 0 saturated carbocycles. The molecule has 5 nitrogen and oxygen atoms in total. The molecule has 2 N–H and O–H groups in total. The molecule has 0 radical (unpaired) electrons. The number of rotatable bonds is 6. The second-order valence-electron chi connectivity index (χ2n) is 5.23. The van der Waals surface area contributed by atoms with E-state index < -0.39 is 11.6 Å². The summed E-state index contributed by atoms with van der Waals surface area (Å²) in [5.41, 5.74) is 0.296. The largest absolute Gasteiger partial charge is 0.507 e. The smallest absolute Gasteiger partial charge is 0.223 e. The van der Waals surface area contributed by atoms with Crippen molar-refractivity contribution in [2.24, 2.45) is 5.92 Å². The number of ketones is 1. The number of hydrogen-bond acceptors (Lipinski definition) is 4. The third kappa shape index (κ3) is 4.53. The van der Waals surface area contributed by atoms with Crippen LogP contribution in [0.2, 0.25) is 0 Å². The van der Waals surface area contributed by atoms with Gasteiger partial charge in [-0.2, -0.15) is 0 Å². The Labute approximate surface area is 123 Å². The van der Waals surface area contributed by atoms with Crippen molar-refractivity contribution in [2.45, 2.75) is 20.4 Å². The molecule has 0 heterocycles. The summed E-state index contributed by atoms with van der Waals surface area (Å²) in [6.07, 6.45) is 0. The van der Waals surface area contributed by atoms with Gasteiger partial charge >= 0.3 is 0 Å². The molecule has 0 aliphatic carbocycles. The van der Waals surface area contributed by atoms with Gasteiger partial charge in [0, 0.05) is 31.6 Å². The van der Waals surface area contributed by atoms with E-state index in [0.29, 0.717) is 12.1 Å². The molecule has 116 valence electrons. The van der Waals surface area contributed by atoms with Crippen LogP contribution in [0.1, 0.15) is 29.8 Å². The van der Waals surface area contributed by atoms with Crippen LogP contribution in [0.4, 0.5) is 4.39 Å². The Hall–Kier alpha value is -1.95. The minimum atomic E-state index is -0.569. The van der Waals surface area contributed by atoms with Gasteiger partial charge in [-0.3, -0.25) is 9.59 Å². The van der Waals surface area contributed by atoms with Crippen molar-refractivity contribution in [3.8, 4) is 5.75 Å². The molecule has 21 heavy (non-hydrogen) atoms. The highest BCUT2D eigenvalue weighted by Gasteiger charge is 2.17. The van der Waals surface area contributed by atoms with Crippen LogP contribution in [0, 0.1) is 11.7 Å². The monoisotopic (exact) mass is 296 g/mol. The van der Waals surface area contributed by atoms with Crippen LogP contribution in [-0.4, -0.2) is 42.3 Å². The van der Waals surface area contributed by atoms with E-state index in [-0.39, 0.29) is 29.7 Å². The minimum absolute atomic E-state index is 0.0299. The average molecular weight is 296 g/mol. The summed E-state index contributed by atoms with van der Waals surface area (Å²) in [5, 5.41) is 12.6. The number of aromatic hydroxyl groups is 1. The summed E-state index contributed by atoms with van der Waals surface area (Å²) in [6, 6.07) is 2.22. The van der Waals surface area contributed by atoms with Crippen LogP contribution in [-0.2, 0) is 11.3 Å². The molecule has 1 aromatic rings. The van der Waals surface area contributed by atoms with E-state index in [4.69, 9.17) is 0 Å². The lowest BCUT2D eigenvalue weighted by Crippen LogP contribution is -2.34. The average Bonchev–Trinajstić information content (AvgIpc) is 2.40. The zero-order valence-electron chi connectivity index (χ0n) is 12.7. The highest BCUT2D eigenvalue weighted by atomic mass is 19.1. The topological polar surface area (TPSA) is 69.6 Å². The third-order valence-corrected chi connectivity index (χ3v) is 3.25. The summed E-state index contributed by atoms with van der Waals surface area (Å²) >= 11 is 0. The second-order valence-corrected chi connectivity index (χ2v) is 5.23. The fourth-order valence-electron chi connectivity index (χ4n) is 2.20. The Kier molecular flexibility index (Phi) is 5.84. The van der Waals surface area contributed by atoms with Crippen molar-refractivity contribution < 1.29 is 19.1 Å². The number of carbonyl (C=O) groups is 2. The lowest BCUT2D eigenvalue weighted by Gasteiger charge is -2.21. The van der Waals surface area contributed by atoms with Crippen molar-refractivity contribution in [3.05, 3.63) is 29.1 Å². The van der Waals surface area contributed by atoms with Gasteiger partial charge in [-0.15, -0.1) is 0 Å². The quantitative estimate of drug-likeness (QED) is 0.781. The zero-order chi connectivity index (χ0) is 16.2. The first-order chi connectivity index (χ1) is 9.76. The number of carbonyl (C=O) groups excluding carboxylic acids is 2. The number of nitrogens with zero attached hydrogens (tertiary/aromatic N) is 1. The maximum absolute atomic E-state index is 13.5. The molecule has 0 spiro atoms. The first-order valence-electron chi connectivity index (χ1n) is 6.68. The molecule has 1 aromatic carbocycles. The molecule has 0 bridgehead atoms. The Morgan fingerprint density at radius 2 is 2.05 bits per heavy atom. The standard InChI is InChI=1S/C15H21FN2O3/c1-9(15(21)17-3)7-18(4)8-11-5-12(16)6-13(10(2)19)14(11)20/h5-6,9,20H,7-8H2,1-4H3,(H,17,21). The van der Waals surface area contributed by atoms with Gasteiger partial charge in [0.2, 0.25) is 5.91 Å². The molecule has 0 aliphatic heterocycles. The summed E-state index contributed by atoms with van der Waals surface area (Å²) in [6.45, 7) is 3.74. The third-order valence-electron chi connectivity index (χ3n) is 3.25. The maximum Gasteiger partial charge on any atom is 0.223 e. The normalized spacial score (nSPS) is 12.3. The SMILES string of the molecule is CNC(=O)C(C)CN(C)Cc1cc(F)cc(C(C)=O)c1O. The van der Waals surface area contributed by atoms with E-state index in [2.05, 4.69) is 5.32 Å². The number of halogens is 1. The maximum atomic E-state index is 13.5. The summed E-state index contributed by atoms with van der Waals surface area (Å²) in [7, 11) is 3.33. The molecule has 0 fully saturated rings. The molecule has 1 amide bonds. The number of phenolic OH excluding ortho intramolecular Hbond substituents is 1. The molecule has 0 aromatic heterocycles. The van der Waals surface area contributed by atoms with Crippen LogP contribution in [0.15, 0.2) is 12.1 Å². The fraction of sp³-hybridized carbons (Fsp3) is 0.467.